The summed E-state index contributed by atoms with van der Waals surface area (Å²) < 4.78 is 29.5. The summed E-state index contributed by atoms with van der Waals surface area (Å²) in [7, 11) is -1.52. The molecule has 1 aromatic carbocycles. The summed E-state index contributed by atoms with van der Waals surface area (Å²) >= 11 is 0. The Morgan fingerprint density at radius 1 is 1.14 bits per heavy atom. The van der Waals surface area contributed by atoms with Gasteiger partial charge in [-0.3, -0.25) is 0 Å². The van der Waals surface area contributed by atoms with Crippen LogP contribution in [-0.2, 0) is 17.1 Å². The Morgan fingerprint density at radius 2 is 1.82 bits per heavy atom. The van der Waals surface area contributed by atoms with Crippen LogP contribution in [0, 0.1) is 0 Å². The molecule has 2 aromatic rings. The fraction of sp³-hybridized carbons (Fsp3) is 0.438. The topological polar surface area (TPSA) is 64.0 Å². The Kier molecular flexibility index (Phi) is 4.31. The van der Waals surface area contributed by atoms with Crippen molar-refractivity contribution in [1.82, 2.24) is 14.3 Å². The van der Waals surface area contributed by atoms with Crippen LogP contribution in [0.1, 0.15) is 32.1 Å². The Balaban J connectivity index is 1.76. The molecule has 0 unspecified atom stereocenters. The summed E-state index contributed by atoms with van der Waals surface area (Å²) in [5.41, 5.74) is 1.75. The third kappa shape index (κ3) is 3.39. The van der Waals surface area contributed by atoms with Crippen LogP contribution in [0.3, 0.4) is 0 Å². The summed E-state index contributed by atoms with van der Waals surface area (Å²) in [6.07, 6.45) is 8.92. The molecule has 0 amide bonds. The molecule has 118 valence electrons. The highest BCUT2D eigenvalue weighted by Crippen LogP contribution is 2.22. The average Bonchev–Trinajstić information content (AvgIpc) is 2.95. The molecule has 1 aromatic heterocycles. The predicted molar refractivity (Wildman–Crippen MR) is 85.8 cm³/mol. The number of nitrogens with zero attached hydrogens (tertiary/aromatic N) is 2. The fourth-order valence-corrected chi connectivity index (χ4v) is 4.18. The highest BCUT2D eigenvalue weighted by molar-refractivity contribution is 7.89. The minimum absolute atomic E-state index is 0.0780. The standard InChI is InChI=1S/C16H21N3O2S/c1-19-11-16(17-12-19)13-7-9-15(10-8-13)22(20,21)18-14-5-3-2-4-6-14/h7-12,14,18H,2-6H2,1H3. The van der Waals surface area contributed by atoms with Crippen LogP contribution in [-0.4, -0.2) is 24.0 Å². The van der Waals surface area contributed by atoms with Gasteiger partial charge >= 0.3 is 0 Å². The Labute approximate surface area is 131 Å². The van der Waals surface area contributed by atoms with Crippen molar-refractivity contribution < 1.29 is 8.42 Å². The summed E-state index contributed by atoms with van der Waals surface area (Å²) in [5, 5.41) is 0. The van der Waals surface area contributed by atoms with E-state index in [0.717, 1.165) is 36.9 Å². The van der Waals surface area contributed by atoms with Crippen LogP contribution in [0.5, 0.6) is 0 Å². The van der Waals surface area contributed by atoms with Gasteiger partial charge in [-0.1, -0.05) is 31.4 Å². The van der Waals surface area contributed by atoms with Crippen molar-refractivity contribution in [2.75, 3.05) is 0 Å². The van der Waals surface area contributed by atoms with Crippen molar-refractivity contribution in [3.63, 3.8) is 0 Å². The van der Waals surface area contributed by atoms with Gasteiger partial charge in [0, 0.05) is 24.8 Å². The zero-order valence-electron chi connectivity index (χ0n) is 12.7. The first-order chi connectivity index (χ1) is 10.5. The first-order valence-corrected chi connectivity index (χ1v) is 9.14. The molecule has 0 spiro atoms. The van der Waals surface area contributed by atoms with E-state index in [-0.39, 0.29) is 6.04 Å². The van der Waals surface area contributed by atoms with E-state index in [2.05, 4.69) is 9.71 Å². The molecule has 1 saturated carbocycles. The minimum Gasteiger partial charge on any atom is -0.340 e. The summed E-state index contributed by atoms with van der Waals surface area (Å²) in [6.45, 7) is 0. The maximum absolute atomic E-state index is 12.4. The van der Waals surface area contributed by atoms with Crippen molar-refractivity contribution in [1.29, 1.82) is 0 Å². The van der Waals surface area contributed by atoms with Crippen molar-refractivity contribution in [2.45, 2.75) is 43.0 Å². The smallest absolute Gasteiger partial charge is 0.240 e. The van der Waals surface area contributed by atoms with Gasteiger partial charge in [0.1, 0.15) is 0 Å². The summed E-state index contributed by atoms with van der Waals surface area (Å²) in [6, 6.07) is 6.98. The van der Waals surface area contributed by atoms with E-state index in [4.69, 9.17) is 0 Å². The normalized spacial score (nSPS) is 16.8. The van der Waals surface area contributed by atoms with Crippen LogP contribution in [0.4, 0.5) is 0 Å². The van der Waals surface area contributed by atoms with Gasteiger partial charge in [0.25, 0.3) is 0 Å². The molecule has 6 heteroatoms. The number of hydrogen-bond donors (Lipinski definition) is 1. The number of aryl methyl sites for hydroxylation is 1. The summed E-state index contributed by atoms with van der Waals surface area (Å²) in [4.78, 5) is 4.59. The second-order valence-electron chi connectivity index (χ2n) is 5.90. The summed E-state index contributed by atoms with van der Waals surface area (Å²) in [5.74, 6) is 0. The third-order valence-electron chi connectivity index (χ3n) is 4.09. The maximum atomic E-state index is 12.4. The van der Waals surface area contributed by atoms with E-state index < -0.39 is 10.0 Å². The van der Waals surface area contributed by atoms with Crippen molar-refractivity contribution in [2.24, 2.45) is 7.05 Å². The van der Waals surface area contributed by atoms with Gasteiger partial charge in [-0.25, -0.2) is 18.1 Å². The highest BCUT2D eigenvalue weighted by Gasteiger charge is 2.21. The van der Waals surface area contributed by atoms with Crippen molar-refractivity contribution in [3.8, 4) is 11.3 Å². The molecule has 3 rings (SSSR count). The van der Waals surface area contributed by atoms with Gasteiger partial charge < -0.3 is 4.57 Å². The fourth-order valence-electron chi connectivity index (χ4n) is 2.87. The van der Waals surface area contributed by atoms with Crippen molar-refractivity contribution >= 4 is 10.0 Å². The van der Waals surface area contributed by atoms with Gasteiger partial charge in [0.05, 0.1) is 16.9 Å². The minimum atomic E-state index is -3.43. The van der Waals surface area contributed by atoms with Gasteiger partial charge in [-0.15, -0.1) is 0 Å². The quantitative estimate of drug-likeness (QED) is 0.942. The van der Waals surface area contributed by atoms with Crippen LogP contribution < -0.4 is 4.72 Å². The molecule has 1 aliphatic rings. The number of nitrogens with one attached hydrogen (secondary N) is 1. The molecular formula is C16H21N3O2S. The number of aromatic nitrogens is 2. The number of rotatable bonds is 4. The van der Waals surface area contributed by atoms with Crippen LogP contribution in [0.15, 0.2) is 41.7 Å². The zero-order chi connectivity index (χ0) is 15.6. The highest BCUT2D eigenvalue weighted by atomic mass is 32.2. The molecular weight excluding hydrogens is 298 g/mol. The SMILES string of the molecule is Cn1cnc(-c2ccc(S(=O)(=O)NC3CCCCC3)cc2)c1. The van der Waals surface area contributed by atoms with Crippen LogP contribution in [0.25, 0.3) is 11.3 Å². The number of sulfonamides is 1. The first kappa shape index (κ1) is 15.2. The van der Waals surface area contributed by atoms with E-state index in [1.165, 1.54) is 6.42 Å². The van der Waals surface area contributed by atoms with Gasteiger partial charge in [-0.05, 0) is 25.0 Å². The molecule has 22 heavy (non-hydrogen) atoms. The molecule has 1 aliphatic carbocycles. The Hall–Kier alpha value is -1.66. The first-order valence-electron chi connectivity index (χ1n) is 7.65. The molecule has 1 N–H and O–H groups in total. The lowest BCUT2D eigenvalue weighted by atomic mass is 9.96. The van der Waals surface area contributed by atoms with E-state index in [1.54, 1.807) is 30.6 Å². The Morgan fingerprint density at radius 3 is 2.41 bits per heavy atom. The largest absolute Gasteiger partial charge is 0.340 e. The lowest BCUT2D eigenvalue weighted by Crippen LogP contribution is -2.36. The second kappa shape index (κ2) is 6.22. The van der Waals surface area contributed by atoms with E-state index in [1.807, 2.05) is 17.8 Å². The Bertz CT molecular complexity index is 729. The van der Waals surface area contributed by atoms with Crippen LogP contribution in [0.2, 0.25) is 0 Å². The molecule has 0 atom stereocenters. The van der Waals surface area contributed by atoms with E-state index >= 15 is 0 Å². The number of benzene rings is 1. The molecule has 5 nitrogen and oxygen atoms in total. The molecule has 0 bridgehead atoms. The molecule has 0 radical (unpaired) electrons. The second-order valence-corrected chi connectivity index (χ2v) is 7.62. The van der Waals surface area contributed by atoms with Gasteiger partial charge in [-0.2, -0.15) is 0 Å². The number of imidazole rings is 1. The molecule has 0 saturated heterocycles. The van der Waals surface area contributed by atoms with Gasteiger partial charge in [0.15, 0.2) is 0 Å². The average molecular weight is 319 g/mol. The zero-order valence-corrected chi connectivity index (χ0v) is 13.5. The lowest BCUT2D eigenvalue weighted by molar-refractivity contribution is 0.412. The molecule has 0 aliphatic heterocycles. The van der Waals surface area contributed by atoms with Crippen LogP contribution >= 0.6 is 0 Å². The van der Waals surface area contributed by atoms with E-state index in [0.29, 0.717) is 4.90 Å². The third-order valence-corrected chi connectivity index (χ3v) is 5.63. The molecule has 1 heterocycles. The predicted octanol–water partition coefficient (Wildman–Crippen LogP) is 2.70. The molecule has 1 fully saturated rings. The van der Waals surface area contributed by atoms with E-state index in [9.17, 15) is 8.42 Å². The maximum Gasteiger partial charge on any atom is 0.240 e. The van der Waals surface area contributed by atoms with Crippen molar-refractivity contribution in [3.05, 3.63) is 36.8 Å². The van der Waals surface area contributed by atoms with Gasteiger partial charge in [0.2, 0.25) is 10.0 Å². The monoisotopic (exact) mass is 319 g/mol. The number of hydrogen-bond acceptors (Lipinski definition) is 3. The lowest BCUT2D eigenvalue weighted by Gasteiger charge is -2.22.